The zero-order valence-electron chi connectivity index (χ0n) is 9.62. The molecule has 2 aromatic rings. The molecule has 0 aromatic carbocycles. The first kappa shape index (κ1) is 11.6. The Morgan fingerprint density at radius 3 is 2.31 bits per heavy atom. The molecule has 2 aromatic heterocycles. The first-order chi connectivity index (χ1) is 7.58. The van der Waals surface area contributed by atoms with Crippen LogP contribution in [0.5, 0.6) is 0 Å². The Bertz CT molecular complexity index is 467. The Balaban J connectivity index is 2.16. The third-order valence-corrected chi connectivity index (χ3v) is 4.03. The highest BCUT2D eigenvalue weighted by atomic mass is 35.5. The highest BCUT2D eigenvalue weighted by Gasteiger charge is 2.09. The Hall–Kier alpha value is -0.930. The van der Waals surface area contributed by atoms with Crippen LogP contribution in [0.1, 0.15) is 29.2 Å². The molecule has 0 radical (unpaired) electrons. The first-order valence-corrected chi connectivity index (χ1v) is 6.44. The van der Waals surface area contributed by atoms with Gasteiger partial charge in [-0.1, -0.05) is 11.6 Å². The van der Waals surface area contributed by atoms with Crippen molar-refractivity contribution < 1.29 is 0 Å². The highest BCUT2D eigenvalue weighted by Crippen LogP contribution is 2.27. The van der Waals surface area contributed by atoms with Gasteiger partial charge in [-0.05, 0) is 45.0 Å². The van der Waals surface area contributed by atoms with Crippen molar-refractivity contribution in [3.63, 3.8) is 0 Å². The van der Waals surface area contributed by atoms with Gasteiger partial charge in [0.2, 0.25) is 0 Å². The Morgan fingerprint density at radius 1 is 1.19 bits per heavy atom. The molecule has 86 valence electrons. The Labute approximate surface area is 105 Å². The van der Waals surface area contributed by atoms with E-state index in [1.54, 1.807) is 11.3 Å². The minimum absolute atomic E-state index is 0.266. The van der Waals surface area contributed by atoms with E-state index in [9.17, 15) is 0 Å². The zero-order chi connectivity index (χ0) is 11.7. The number of hydrogen-bond donors (Lipinski definition) is 1. The largest absolute Gasteiger partial charge is 0.318 e. The average molecular weight is 255 g/mol. The molecule has 2 heterocycles. The lowest BCUT2D eigenvalue weighted by molar-refractivity contribution is 0.708. The predicted molar refractivity (Wildman–Crippen MR) is 71.0 cm³/mol. The van der Waals surface area contributed by atoms with Crippen molar-refractivity contribution in [2.75, 3.05) is 5.43 Å². The van der Waals surface area contributed by atoms with Gasteiger partial charge in [-0.2, -0.15) is 0 Å². The van der Waals surface area contributed by atoms with E-state index in [-0.39, 0.29) is 6.04 Å². The molecule has 0 saturated carbocycles. The summed E-state index contributed by atoms with van der Waals surface area (Å²) < 4.78 is 2.95. The van der Waals surface area contributed by atoms with Gasteiger partial charge in [-0.3, -0.25) is 4.68 Å². The normalized spacial score (nSPS) is 12.8. The number of aryl methyl sites for hydroxylation is 2. The average Bonchev–Trinajstić information content (AvgIpc) is 2.79. The fraction of sp³-hybridized carbons (Fsp3) is 0.333. The summed E-state index contributed by atoms with van der Waals surface area (Å²) in [5.74, 6) is 0. The Kier molecular flexibility index (Phi) is 3.26. The molecule has 2 nitrogen and oxygen atoms in total. The molecule has 0 aliphatic carbocycles. The fourth-order valence-electron chi connectivity index (χ4n) is 1.69. The summed E-state index contributed by atoms with van der Waals surface area (Å²) in [6.07, 6.45) is 0. The maximum absolute atomic E-state index is 5.93. The van der Waals surface area contributed by atoms with Crippen molar-refractivity contribution in [3.05, 3.63) is 44.9 Å². The molecule has 0 fully saturated rings. The van der Waals surface area contributed by atoms with Crippen molar-refractivity contribution in [2.45, 2.75) is 26.8 Å². The molecule has 1 atom stereocenters. The lowest BCUT2D eigenvalue weighted by atomic mass is 10.3. The van der Waals surface area contributed by atoms with E-state index < -0.39 is 0 Å². The predicted octanol–water partition coefficient (Wildman–Crippen LogP) is 4.12. The van der Waals surface area contributed by atoms with E-state index in [0.29, 0.717) is 0 Å². The van der Waals surface area contributed by atoms with Crippen LogP contribution >= 0.6 is 22.9 Å². The maximum Gasteiger partial charge on any atom is 0.0932 e. The van der Waals surface area contributed by atoms with Crippen molar-refractivity contribution in [1.82, 2.24) is 4.68 Å². The molecule has 0 saturated heterocycles. The summed E-state index contributed by atoms with van der Waals surface area (Å²) >= 11 is 7.55. The number of aromatic nitrogens is 1. The quantitative estimate of drug-likeness (QED) is 0.872. The van der Waals surface area contributed by atoms with E-state index in [2.05, 4.69) is 49.1 Å². The smallest absolute Gasteiger partial charge is 0.0932 e. The summed E-state index contributed by atoms with van der Waals surface area (Å²) in [5.41, 5.74) is 5.89. The number of rotatable bonds is 3. The standard InChI is InChI=1S/C12H15ClN2S/c1-8-4-5-9(2)15(8)14-10(3)11-6-7-12(13)16-11/h4-7,10,14H,1-3H3. The van der Waals surface area contributed by atoms with Gasteiger partial charge in [0, 0.05) is 16.3 Å². The van der Waals surface area contributed by atoms with E-state index in [4.69, 9.17) is 11.6 Å². The summed E-state index contributed by atoms with van der Waals surface area (Å²) in [6.45, 7) is 6.32. The first-order valence-electron chi connectivity index (χ1n) is 5.24. The molecular formula is C12H15ClN2S. The molecule has 0 spiro atoms. The second kappa shape index (κ2) is 4.52. The third kappa shape index (κ3) is 2.25. The third-order valence-electron chi connectivity index (χ3n) is 2.61. The summed E-state index contributed by atoms with van der Waals surface area (Å²) in [6, 6.07) is 8.49. The van der Waals surface area contributed by atoms with Crippen molar-refractivity contribution in [2.24, 2.45) is 0 Å². The van der Waals surface area contributed by atoms with Crippen LogP contribution in [0.25, 0.3) is 0 Å². The van der Waals surface area contributed by atoms with Gasteiger partial charge < -0.3 is 5.43 Å². The molecule has 16 heavy (non-hydrogen) atoms. The molecule has 1 N–H and O–H groups in total. The number of thiophene rings is 1. The molecule has 0 aliphatic rings. The van der Waals surface area contributed by atoms with Gasteiger partial charge in [0.15, 0.2) is 0 Å². The van der Waals surface area contributed by atoms with E-state index in [0.717, 1.165) is 4.34 Å². The number of nitrogens with zero attached hydrogens (tertiary/aromatic N) is 1. The molecule has 0 amide bonds. The van der Waals surface area contributed by atoms with Gasteiger partial charge in [0.05, 0.1) is 10.4 Å². The van der Waals surface area contributed by atoms with Crippen LogP contribution in [-0.2, 0) is 0 Å². The number of hydrogen-bond acceptors (Lipinski definition) is 2. The monoisotopic (exact) mass is 254 g/mol. The van der Waals surface area contributed by atoms with Crippen LogP contribution in [-0.4, -0.2) is 4.68 Å². The number of nitrogens with one attached hydrogen (secondary N) is 1. The van der Waals surface area contributed by atoms with E-state index in [1.807, 2.05) is 6.07 Å². The lowest BCUT2D eigenvalue weighted by Gasteiger charge is -2.18. The molecule has 0 bridgehead atoms. The van der Waals surface area contributed by atoms with Crippen LogP contribution in [0, 0.1) is 13.8 Å². The molecular weight excluding hydrogens is 240 g/mol. The minimum atomic E-state index is 0.266. The van der Waals surface area contributed by atoms with E-state index in [1.165, 1.54) is 16.3 Å². The van der Waals surface area contributed by atoms with Gasteiger partial charge in [-0.25, -0.2) is 0 Å². The molecule has 0 aliphatic heterocycles. The summed E-state index contributed by atoms with van der Waals surface area (Å²) in [5, 5.41) is 0. The molecule has 4 heteroatoms. The van der Waals surface area contributed by atoms with Crippen LogP contribution in [0.2, 0.25) is 4.34 Å². The maximum atomic E-state index is 5.93. The zero-order valence-corrected chi connectivity index (χ0v) is 11.2. The number of halogens is 1. The second-order valence-corrected chi connectivity index (χ2v) is 5.69. The van der Waals surface area contributed by atoms with Gasteiger partial charge in [0.1, 0.15) is 0 Å². The van der Waals surface area contributed by atoms with Crippen molar-refractivity contribution in [1.29, 1.82) is 0 Å². The SMILES string of the molecule is Cc1ccc(C)n1NC(C)c1ccc(Cl)s1. The lowest BCUT2D eigenvalue weighted by Crippen LogP contribution is -2.20. The fourth-order valence-corrected chi connectivity index (χ4v) is 2.75. The van der Waals surface area contributed by atoms with Crippen LogP contribution in [0.4, 0.5) is 0 Å². The summed E-state index contributed by atoms with van der Waals surface area (Å²) in [7, 11) is 0. The topological polar surface area (TPSA) is 17.0 Å². The van der Waals surface area contributed by atoms with Crippen LogP contribution in [0.3, 0.4) is 0 Å². The Morgan fingerprint density at radius 2 is 1.81 bits per heavy atom. The second-order valence-electron chi connectivity index (χ2n) is 3.94. The van der Waals surface area contributed by atoms with Crippen molar-refractivity contribution in [3.8, 4) is 0 Å². The van der Waals surface area contributed by atoms with E-state index >= 15 is 0 Å². The summed E-state index contributed by atoms with van der Waals surface area (Å²) in [4.78, 5) is 1.25. The van der Waals surface area contributed by atoms with Gasteiger partial charge in [0.25, 0.3) is 0 Å². The van der Waals surface area contributed by atoms with Gasteiger partial charge >= 0.3 is 0 Å². The molecule has 1 unspecified atom stereocenters. The molecule has 2 rings (SSSR count). The van der Waals surface area contributed by atoms with Crippen molar-refractivity contribution >= 4 is 22.9 Å². The van der Waals surface area contributed by atoms with Gasteiger partial charge in [-0.15, -0.1) is 11.3 Å². The minimum Gasteiger partial charge on any atom is -0.318 e. The van der Waals surface area contributed by atoms with Crippen LogP contribution in [0.15, 0.2) is 24.3 Å². The highest BCUT2D eigenvalue weighted by molar-refractivity contribution is 7.16. The van der Waals surface area contributed by atoms with Crippen LogP contribution < -0.4 is 5.43 Å².